The number of aromatic nitrogens is 2. The molecule has 0 spiro atoms. The summed E-state index contributed by atoms with van der Waals surface area (Å²) >= 11 is 3.33. The molecule has 3 heterocycles. The van der Waals surface area contributed by atoms with Crippen molar-refractivity contribution in [1.29, 1.82) is 0 Å². The molecule has 0 amide bonds. The van der Waals surface area contributed by atoms with Crippen LogP contribution >= 0.6 is 15.9 Å². The molecule has 90 valence electrons. The van der Waals surface area contributed by atoms with E-state index in [2.05, 4.69) is 26.2 Å². The third-order valence-electron chi connectivity index (χ3n) is 3.31. The van der Waals surface area contributed by atoms with E-state index in [1.807, 2.05) is 10.6 Å². The van der Waals surface area contributed by atoms with E-state index in [1.54, 1.807) is 6.20 Å². The monoisotopic (exact) mass is 297 g/mol. The summed E-state index contributed by atoms with van der Waals surface area (Å²) in [6, 6.07) is 1.45. The molecule has 0 bridgehead atoms. The van der Waals surface area contributed by atoms with Gasteiger partial charge in [0.1, 0.15) is 0 Å². The molecule has 1 saturated heterocycles. The van der Waals surface area contributed by atoms with Crippen LogP contribution in [0.4, 0.5) is 4.39 Å². The normalized spacial score (nSPS) is 17.8. The Hall–Kier alpha value is -0.940. The lowest BCUT2D eigenvalue weighted by atomic mass is 9.95. The van der Waals surface area contributed by atoms with Crippen LogP contribution in [-0.4, -0.2) is 22.5 Å². The molecule has 0 radical (unpaired) electrons. The first kappa shape index (κ1) is 11.2. The molecule has 0 atom stereocenters. The first-order valence-electron chi connectivity index (χ1n) is 5.78. The Morgan fingerprint density at radius 1 is 1.41 bits per heavy atom. The lowest BCUT2D eigenvalue weighted by Crippen LogP contribution is -2.27. The Morgan fingerprint density at radius 2 is 2.18 bits per heavy atom. The fourth-order valence-electron chi connectivity index (χ4n) is 2.45. The maximum Gasteiger partial charge on any atom is 0.173 e. The average molecular weight is 298 g/mol. The van der Waals surface area contributed by atoms with Crippen molar-refractivity contribution in [3.63, 3.8) is 0 Å². The Balaban J connectivity index is 2.10. The molecule has 17 heavy (non-hydrogen) atoms. The summed E-state index contributed by atoms with van der Waals surface area (Å²) in [7, 11) is 0. The Labute approximate surface area is 107 Å². The largest absolute Gasteiger partial charge is 0.317 e. The second-order valence-electron chi connectivity index (χ2n) is 4.41. The highest BCUT2D eigenvalue weighted by Gasteiger charge is 2.20. The van der Waals surface area contributed by atoms with E-state index in [0.717, 1.165) is 36.1 Å². The average Bonchev–Trinajstić information content (AvgIpc) is 2.74. The van der Waals surface area contributed by atoms with Crippen molar-refractivity contribution in [3.05, 3.63) is 34.4 Å². The standard InChI is InChI=1S/C12H13BrFN3/c13-9-5-10(14)12-16-6-11(17(12)7-9)8-1-3-15-4-2-8/h5-8,15H,1-4H2. The van der Waals surface area contributed by atoms with Gasteiger partial charge < -0.3 is 9.72 Å². The summed E-state index contributed by atoms with van der Waals surface area (Å²) in [5.41, 5.74) is 1.53. The molecule has 2 aromatic heterocycles. The number of nitrogens with zero attached hydrogens (tertiary/aromatic N) is 2. The maximum atomic E-state index is 13.7. The number of fused-ring (bicyclic) bond motifs is 1. The van der Waals surface area contributed by atoms with E-state index in [1.165, 1.54) is 6.07 Å². The summed E-state index contributed by atoms with van der Waals surface area (Å²) in [6.07, 6.45) is 5.87. The molecular formula is C12H13BrFN3. The van der Waals surface area contributed by atoms with Crippen LogP contribution in [0.3, 0.4) is 0 Å². The number of pyridine rings is 1. The predicted molar refractivity (Wildman–Crippen MR) is 67.7 cm³/mol. The topological polar surface area (TPSA) is 29.3 Å². The van der Waals surface area contributed by atoms with Crippen molar-refractivity contribution < 1.29 is 4.39 Å². The van der Waals surface area contributed by atoms with E-state index in [0.29, 0.717) is 11.6 Å². The van der Waals surface area contributed by atoms with Crippen LogP contribution in [-0.2, 0) is 0 Å². The second kappa shape index (κ2) is 4.38. The summed E-state index contributed by atoms with van der Waals surface area (Å²) in [6.45, 7) is 2.04. The fourth-order valence-corrected chi connectivity index (χ4v) is 2.86. The zero-order chi connectivity index (χ0) is 11.8. The summed E-state index contributed by atoms with van der Waals surface area (Å²) in [5, 5.41) is 3.33. The number of piperidine rings is 1. The molecule has 0 aliphatic carbocycles. The minimum Gasteiger partial charge on any atom is -0.317 e. The Bertz CT molecular complexity index is 546. The third-order valence-corrected chi connectivity index (χ3v) is 3.75. The van der Waals surface area contributed by atoms with Crippen LogP contribution in [0, 0.1) is 5.82 Å². The molecule has 2 aromatic rings. The number of hydrogen-bond donors (Lipinski definition) is 1. The van der Waals surface area contributed by atoms with Gasteiger partial charge in [0.2, 0.25) is 0 Å². The van der Waals surface area contributed by atoms with Gasteiger partial charge in [-0.1, -0.05) is 0 Å². The van der Waals surface area contributed by atoms with Gasteiger partial charge in [-0.05, 0) is 47.9 Å². The van der Waals surface area contributed by atoms with E-state index in [-0.39, 0.29) is 5.82 Å². The molecule has 0 saturated carbocycles. The molecule has 5 heteroatoms. The van der Waals surface area contributed by atoms with Gasteiger partial charge in [0.25, 0.3) is 0 Å². The zero-order valence-electron chi connectivity index (χ0n) is 9.29. The van der Waals surface area contributed by atoms with Gasteiger partial charge in [0.05, 0.1) is 0 Å². The van der Waals surface area contributed by atoms with E-state index in [4.69, 9.17) is 0 Å². The first-order chi connectivity index (χ1) is 8.25. The Kier molecular flexibility index (Phi) is 2.88. The predicted octanol–water partition coefficient (Wildman–Crippen LogP) is 2.70. The van der Waals surface area contributed by atoms with Crippen molar-refractivity contribution in [2.45, 2.75) is 18.8 Å². The molecular weight excluding hydrogens is 285 g/mol. The molecule has 3 rings (SSSR count). The molecule has 1 N–H and O–H groups in total. The highest BCUT2D eigenvalue weighted by molar-refractivity contribution is 9.10. The molecule has 0 aromatic carbocycles. The van der Waals surface area contributed by atoms with Crippen molar-refractivity contribution in [2.24, 2.45) is 0 Å². The zero-order valence-corrected chi connectivity index (χ0v) is 10.9. The van der Waals surface area contributed by atoms with Crippen LogP contribution in [0.5, 0.6) is 0 Å². The van der Waals surface area contributed by atoms with Crippen molar-refractivity contribution in [1.82, 2.24) is 14.7 Å². The van der Waals surface area contributed by atoms with Crippen LogP contribution < -0.4 is 5.32 Å². The van der Waals surface area contributed by atoms with Crippen molar-refractivity contribution in [3.8, 4) is 0 Å². The van der Waals surface area contributed by atoms with E-state index >= 15 is 0 Å². The van der Waals surface area contributed by atoms with Gasteiger partial charge in [-0.3, -0.25) is 0 Å². The van der Waals surface area contributed by atoms with Crippen LogP contribution in [0.1, 0.15) is 24.5 Å². The number of rotatable bonds is 1. The minimum absolute atomic E-state index is 0.278. The Morgan fingerprint density at radius 3 is 2.94 bits per heavy atom. The SMILES string of the molecule is Fc1cc(Br)cn2c(C3CCNCC3)cnc12. The molecule has 1 aliphatic rings. The number of imidazole rings is 1. The summed E-state index contributed by atoms with van der Waals surface area (Å²) < 4.78 is 16.3. The highest BCUT2D eigenvalue weighted by Crippen LogP contribution is 2.27. The summed E-state index contributed by atoms with van der Waals surface area (Å²) in [4.78, 5) is 4.18. The molecule has 3 nitrogen and oxygen atoms in total. The molecule has 0 unspecified atom stereocenters. The third kappa shape index (κ3) is 1.98. The lowest BCUT2D eigenvalue weighted by molar-refractivity contribution is 0.451. The van der Waals surface area contributed by atoms with Gasteiger partial charge >= 0.3 is 0 Å². The van der Waals surface area contributed by atoms with Crippen LogP contribution in [0.25, 0.3) is 5.65 Å². The van der Waals surface area contributed by atoms with E-state index in [9.17, 15) is 4.39 Å². The van der Waals surface area contributed by atoms with Crippen LogP contribution in [0.2, 0.25) is 0 Å². The van der Waals surface area contributed by atoms with E-state index < -0.39 is 0 Å². The van der Waals surface area contributed by atoms with Gasteiger partial charge in [-0.2, -0.15) is 0 Å². The first-order valence-corrected chi connectivity index (χ1v) is 6.58. The molecule has 1 aliphatic heterocycles. The van der Waals surface area contributed by atoms with Gasteiger partial charge in [0, 0.05) is 28.5 Å². The number of nitrogens with one attached hydrogen (secondary N) is 1. The van der Waals surface area contributed by atoms with Crippen LogP contribution in [0.15, 0.2) is 22.9 Å². The smallest absolute Gasteiger partial charge is 0.173 e. The lowest BCUT2D eigenvalue weighted by Gasteiger charge is -2.22. The van der Waals surface area contributed by atoms with Crippen molar-refractivity contribution >= 4 is 21.6 Å². The maximum absolute atomic E-state index is 13.7. The van der Waals surface area contributed by atoms with Gasteiger partial charge in [-0.15, -0.1) is 0 Å². The van der Waals surface area contributed by atoms with Gasteiger partial charge in [-0.25, -0.2) is 9.37 Å². The quantitative estimate of drug-likeness (QED) is 0.877. The second-order valence-corrected chi connectivity index (χ2v) is 5.32. The number of hydrogen-bond acceptors (Lipinski definition) is 2. The minimum atomic E-state index is -0.278. The van der Waals surface area contributed by atoms with Crippen molar-refractivity contribution in [2.75, 3.05) is 13.1 Å². The fraction of sp³-hybridized carbons (Fsp3) is 0.417. The van der Waals surface area contributed by atoms with Gasteiger partial charge in [0.15, 0.2) is 11.5 Å². The number of halogens is 2. The summed E-state index contributed by atoms with van der Waals surface area (Å²) in [5.74, 6) is 0.194. The molecule has 1 fully saturated rings. The highest BCUT2D eigenvalue weighted by atomic mass is 79.9.